The molecule has 0 spiro atoms. The fourth-order valence-corrected chi connectivity index (χ4v) is 3.20. The number of ketones is 1. The minimum atomic E-state index is 0.181. The summed E-state index contributed by atoms with van der Waals surface area (Å²) in [6, 6.07) is 2.19. The minimum absolute atomic E-state index is 0.181. The second kappa shape index (κ2) is 9.27. The number of carbonyl (C=O) groups excluding carboxylic acids is 1. The molecule has 0 saturated carbocycles. The summed E-state index contributed by atoms with van der Waals surface area (Å²) < 4.78 is 1.86. The zero-order valence-corrected chi connectivity index (χ0v) is 14.8. The molecule has 1 N–H and O–H groups in total. The van der Waals surface area contributed by atoms with Crippen LogP contribution in [0.4, 0.5) is 5.82 Å². The molecule has 1 aromatic rings. The molecule has 0 aromatic carbocycles. The molecular weight excluding hydrogens is 300 g/mol. The number of allylic oxidation sites excluding steroid dienone is 2. The Bertz CT molecular complexity index is 624. The molecule has 1 heterocycles. The number of nitrogens with zero attached hydrogens (tertiary/aromatic N) is 3. The smallest absolute Gasteiger partial charge is 0.157 e. The Hall–Kier alpha value is -2.09. The fraction of sp³-hybridized carbons (Fsp3) is 0.632. The number of aryl methyl sites for hydroxylation is 1. The second-order valence-electron chi connectivity index (χ2n) is 6.63. The maximum atomic E-state index is 12.0. The number of unbranched alkanes of at least 4 members (excludes halogenated alkanes) is 3. The first-order chi connectivity index (χ1) is 11.7. The number of nitrogens with one attached hydrogen (secondary N) is 1. The van der Waals surface area contributed by atoms with Crippen molar-refractivity contribution in [1.29, 1.82) is 5.26 Å². The molecule has 0 fully saturated rings. The zero-order chi connectivity index (χ0) is 17.4. The van der Waals surface area contributed by atoms with Crippen molar-refractivity contribution in [3.63, 3.8) is 0 Å². The Morgan fingerprint density at radius 2 is 2.08 bits per heavy atom. The van der Waals surface area contributed by atoms with Crippen LogP contribution in [-0.2, 0) is 11.3 Å². The van der Waals surface area contributed by atoms with Gasteiger partial charge in [0.2, 0.25) is 0 Å². The Morgan fingerprint density at radius 1 is 1.29 bits per heavy atom. The van der Waals surface area contributed by atoms with Gasteiger partial charge < -0.3 is 5.32 Å². The van der Waals surface area contributed by atoms with E-state index in [1.54, 1.807) is 12.3 Å². The van der Waals surface area contributed by atoms with Gasteiger partial charge in [0.1, 0.15) is 17.5 Å². The number of anilines is 1. The van der Waals surface area contributed by atoms with E-state index < -0.39 is 0 Å². The van der Waals surface area contributed by atoms with Gasteiger partial charge in [-0.15, -0.1) is 0 Å². The summed E-state index contributed by atoms with van der Waals surface area (Å²) in [5.74, 6) is 1.32. The third-order valence-electron chi connectivity index (χ3n) is 4.51. The topological polar surface area (TPSA) is 70.7 Å². The van der Waals surface area contributed by atoms with E-state index in [0.717, 1.165) is 63.0 Å². The second-order valence-corrected chi connectivity index (χ2v) is 6.63. The number of carbonyl (C=O) groups is 1. The average Bonchev–Trinajstić information content (AvgIpc) is 2.94. The summed E-state index contributed by atoms with van der Waals surface area (Å²) in [4.78, 5) is 12.0. The number of hydrogen-bond donors (Lipinski definition) is 1. The van der Waals surface area contributed by atoms with Crippen LogP contribution in [0.25, 0.3) is 0 Å². The van der Waals surface area contributed by atoms with Gasteiger partial charge in [0.25, 0.3) is 0 Å². The minimum Gasteiger partial charge on any atom is -0.343 e. The van der Waals surface area contributed by atoms with Crippen LogP contribution in [0.1, 0.15) is 70.8 Å². The summed E-state index contributed by atoms with van der Waals surface area (Å²) in [5.41, 5.74) is 1.46. The van der Waals surface area contributed by atoms with Crippen LogP contribution in [0, 0.1) is 17.2 Å². The summed E-state index contributed by atoms with van der Waals surface area (Å²) in [5, 5.41) is 17.0. The standard InChI is InChI=1S/C19H28N4O/c1-3-5-7-9-23-19(16(13-20)14-21-23)22-17-10-15(8-6-4-2)11-18(24)12-17/h12,14-15,22H,3-11H2,1-2H3. The van der Waals surface area contributed by atoms with Gasteiger partial charge in [-0.3, -0.25) is 4.79 Å². The quantitative estimate of drug-likeness (QED) is 0.682. The monoisotopic (exact) mass is 328 g/mol. The molecule has 0 amide bonds. The molecule has 1 atom stereocenters. The number of aromatic nitrogens is 2. The normalized spacial score (nSPS) is 17.5. The van der Waals surface area contributed by atoms with Gasteiger partial charge in [0, 0.05) is 24.7 Å². The van der Waals surface area contributed by atoms with E-state index in [9.17, 15) is 10.1 Å². The van der Waals surface area contributed by atoms with Crippen LogP contribution in [0.2, 0.25) is 0 Å². The third-order valence-corrected chi connectivity index (χ3v) is 4.51. The van der Waals surface area contributed by atoms with Crippen LogP contribution >= 0.6 is 0 Å². The Labute approximate surface area is 144 Å². The van der Waals surface area contributed by atoms with Gasteiger partial charge in [0.15, 0.2) is 5.78 Å². The third kappa shape index (κ3) is 4.95. The van der Waals surface area contributed by atoms with E-state index in [1.165, 1.54) is 0 Å². The molecule has 5 heteroatoms. The molecule has 5 nitrogen and oxygen atoms in total. The molecule has 130 valence electrons. The molecule has 24 heavy (non-hydrogen) atoms. The highest BCUT2D eigenvalue weighted by Crippen LogP contribution is 2.28. The average molecular weight is 328 g/mol. The molecule has 1 aromatic heterocycles. The highest BCUT2D eigenvalue weighted by Gasteiger charge is 2.22. The molecule has 0 radical (unpaired) electrons. The Kier molecular flexibility index (Phi) is 7.05. The van der Waals surface area contributed by atoms with Gasteiger partial charge in [-0.05, 0) is 25.2 Å². The van der Waals surface area contributed by atoms with Crippen LogP contribution in [-0.4, -0.2) is 15.6 Å². The first-order valence-electron chi connectivity index (χ1n) is 9.14. The van der Waals surface area contributed by atoms with Gasteiger partial charge in [0.05, 0.1) is 6.20 Å². The molecule has 0 aliphatic heterocycles. The number of rotatable bonds is 9. The predicted molar refractivity (Wildman–Crippen MR) is 95.4 cm³/mol. The van der Waals surface area contributed by atoms with Crippen molar-refractivity contribution in [2.45, 2.75) is 71.8 Å². The zero-order valence-electron chi connectivity index (χ0n) is 14.8. The van der Waals surface area contributed by atoms with E-state index in [4.69, 9.17) is 0 Å². The fourth-order valence-electron chi connectivity index (χ4n) is 3.20. The van der Waals surface area contributed by atoms with E-state index in [-0.39, 0.29) is 5.78 Å². The highest BCUT2D eigenvalue weighted by atomic mass is 16.1. The van der Waals surface area contributed by atoms with E-state index in [0.29, 0.717) is 17.9 Å². The molecule has 2 rings (SSSR count). The number of nitriles is 1. The van der Waals surface area contributed by atoms with Crippen molar-refractivity contribution in [3.8, 4) is 6.07 Å². The van der Waals surface area contributed by atoms with Crippen LogP contribution in [0.5, 0.6) is 0 Å². The Balaban J connectivity index is 2.10. The van der Waals surface area contributed by atoms with Crippen molar-refractivity contribution in [3.05, 3.63) is 23.5 Å². The molecule has 0 saturated heterocycles. The SMILES string of the molecule is CCCCCn1ncc(C#N)c1NC1=CC(=O)CC(CCCC)C1. The van der Waals surface area contributed by atoms with E-state index in [1.807, 2.05) is 4.68 Å². The van der Waals surface area contributed by atoms with E-state index >= 15 is 0 Å². The lowest BCUT2D eigenvalue weighted by Gasteiger charge is -2.23. The first-order valence-corrected chi connectivity index (χ1v) is 9.14. The van der Waals surface area contributed by atoms with E-state index in [2.05, 4.69) is 30.3 Å². The highest BCUT2D eigenvalue weighted by molar-refractivity contribution is 5.92. The molecule has 1 aliphatic carbocycles. The van der Waals surface area contributed by atoms with Gasteiger partial charge >= 0.3 is 0 Å². The largest absolute Gasteiger partial charge is 0.343 e. The van der Waals surface area contributed by atoms with Crippen LogP contribution in [0.15, 0.2) is 18.0 Å². The summed E-state index contributed by atoms with van der Waals surface area (Å²) in [6.45, 7) is 5.13. The van der Waals surface area contributed by atoms with Gasteiger partial charge in [-0.1, -0.05) is 39.5 Å². The predicted octanol–water partition coefficient (Wildman–Crippen LogP) is 4.41. The van der Waals surface area contributed by atoms with Crippen molar-refractivity contribution in [2.24, 2.45) is 5.92 Å². The van der Waals surface area contributed by atoms with Crippen molar-refractivity contribution in [1.82, 2.24) is 9.78 Å². The summed E-state index contributed by atoms with van der Waals surface area (Å²) in [7, 11) is 0. The molecular formula is C19H28N4O. The lowest BCUT2D eigenvalue weighted by atomic mass is 9.87. The summed E-state index contributed by atoms with van der Waals surface area (Å²) in [6.07, 6.45) is 11.5. The van der Waals surface area contributed by atoms with Crippen molar-refractivity contribution < 1.29 is 4.79 Å². The molecule has 1 aliphatic rings. The summed E-state index contributed by atoms with van der Waals surface area (Å²) >= 11 is 0. The van der Waals surface area contributed by atoms with Crippen molar-refractivity contribution in [2.75, 3.05) is 5.32 Å². The lowest BCUT2D eigenvalue weighted by molar-refractivity contribution is -0.116. The number of hydrogen-bond acceptors (Lipinski definition) is 4. The maximum Gasteiger partial charge on any atom is 0.157 e. The molecule has 1 unspecified atom stereocenters. The van der Waals surface area contributed by atoms with Crippen LogP contribution in [0.3, 0.4) is 0 Å². The molecule has 0 bridgehead atoms. The van der Waals surface area contributed by atoms with Gasteiger partial charge in [-0.25, -0.2) is 4.68 Å². The van der Waals surface area contributed by atoms with Gasteiger partial charge in [-0.2, -0.15) is 10.4 Å². The Morgan fingerprint density at radius 3 is 2.79 bits per heavy atom. The lowest BCUT2D eigenvalue weighted by Crippen LogP contribution is -2.19. The maximum absolute atomic E-state index is 12.0. The van der Waals surface area contributed by atoms with Crippen LogP contribution < -0.4 is 5.32 Å². The first kappa shape index (κ1) is 18.3. The van der Waals surface area contributed by atoms with Crippen molar-refractivity contribution >= 4 is 11.6 Å².